The highest BCUT2D eigenvalue weighted by atomic mass is 79.9. The maximum Gasteiger partial charge on any atom is 0.0695 e. The molecule has 1 atom stereocenters. The summed E-state index contributed by atoms with van der Waals surface area (Å²) in [4.78, 5) is 1.27. The van der Waals surface area contributed by atoms with Crippen LogP contribution in [-0.2, 0) is 6.42 Å². The van der Waals surface area contributed by atoms with Crippen LogP contribution in [0, 0.1) is 5.92 Å². The first-order chi connectivity index (χ1) is 6.08. The molecule has 2 rings (SSSR count). The van der Waals surface area contributed by atoms with Gasteiger partial charge in [-0.2, -0.15) is 0 Å². The first-order valence-corrected chi connectivity index (χ1v) is 6.20. The largest absolute Gasteiger partial charge is 0.390 e. The molecule has 1 heterocycles. The molecular weight excluding hydrogens is 248 g/mol. The molecule has 1 nitrogen and oxygen atoms in total. The van der Waals surface area contributed by atoms with Gasteiger partial charge in [-0.3, -0.25) is 0 Å². The number of hydrogen-bond donors (Lipinski definition) is 1. The fourth-order valence-electron chi connectivity index (χ4n) is 1.65. The normalized spacial score (nSPS) is 21.5. The van der Waals surface area contributed by atoms with Gasteiger partial charge in [0, 0.05) is 21.2 Å². The van der Waals surface area contributed by atoms with Crippen LogP contribution in [0.3, 0.4) is 0 Å². The smallest absolute Gasteiger partial charge is 0.0695 e. The van der Waals surface area contributed by atoms with Crippen molar-refractivity contribution in [1.29, 1.82) is 0 Å². The lowest BCUT2D eigenvalue weighted by atomic mass is 9.96. The first kappa shape index (κ1) is 9.69. The van der Waals surface area contributed by atoms with E-state index in [9.17, 15) is 5.11 Å². The molecule has 1 aliphatic rings. The number of hydrogen-bond acceptors (Lipinski definition) is 2. The predicted octanol–water partition coefficient (Wildman–Crippen LogP) is 3.21. The van der Waals surface area contributed by atoms with Gasteiger partial charge in [-0.05, 0) is 47.7 Å². The molecule has 0 spiro atoms. The molecule has 0 radical (unpaired) electrons. The standard InChI is InChI=1S/C10H13BrOS/c1-10(12,7-2-3-7)5-9-4-8(11)6-13-9/h4,6-7,12H,2-3,5H2,1H3. The van der Waals surface area contributed by atoms with Crippen LogP contribution in [-0.4, -0.2) is 10.7 Å². The Hall–Kier alpha value is 0.140. The molecule has 72 valence electrons. The average Bonchev–Trinajstić information content (AvgIpc) is 2.78. The Morgan fingerprint density at radius 2 is 2.38 bits per heavy atom. The van der Waals surface area contributed by atoms with E-state index in [4.69, 9.17) is 0 Å². The molecule has 0 aliphatic heterocycles. The Morgan fingerprint density at radius 3 is 2.85 bits per heavy atom. The molecular formula is C10H13BrOS. The van der Waals surface area contributed by atoms with Crippen molar-refractivity contribution in [2.24, 2.45) is 5.92 Å². The lowest BCUT2D eigenvalue weighted by Gasteiger charge is -2.21. The van der Waals surface area contributed by atoms with Gasteiger partial charge >= 0.3 is 0 Å². The van der Waals surface area contributed by atoms with E-state index in [0.29, 0.717) is 5.92 Å². The number of aliphatic hydroxyl groups is 1. The summed E-state index contributed by atoms with van der Waals surface area (Å²) in [6, 6.07) is 2.10. The fraction of sp³-hybridized carbons (Fsp3) is 0.600. The molecule has 0 bridgehead atoms. The lowest BCUT2D eigenvalue weighted by Crippen LogP contribution is -2.29. The van der Waals surface area contributed by atoms with E-state index in [1.165, 1.54) is 17.7 Å². The summed E-state index contributed by atoms with van der Waals surface area (Å²) < 4.78 is 1.12. The van der Waals surface area contributed by atoms with E-state index in [0.717, 1.165) is 10.9 Å². The first-order valence-electron chi connectivity index (χ1n) is 4.53. The Kier molecular flexibility index (Phi) is 2.51. The van der Waals surface area contributed by atoms with Gasteiger partial charge in [0.25, 0.3) is 0 Å². The topological polar surface area (TPSA) is 20.2 Å². The number of rotatable bonds is 3. The highest BCUT2D eigenvalue weighted by Gasteiger charge is 2.39. The predicted molar refractivity (Wildman–Crippen MR) is 59.1 cm³/mol. The van der Waals surface area contributed by atoms with E-state index in [2.05, 4.69) is 27.4 Å². The summed E-state index contributed by atoms with van der Waals surface area (Å²) in [5.41, 5.74) is -0.482. The van der Waals surface area contributed by atoms with Crippen molar-refractivity contribution in [3.05, 3.63) is 20.8 Å². The van der Waals surface area contributed by atoms with Crippen LogP contribution in [0.25, 0.3) is 0 Å². The minimum Gasteiger partial charge on any atom is -0.390 e. The van der Waals surface area contributed by atoms with Crippen molar-refractivity contribution < 1.29 is 5.11 Å². The molecule has 1 saturated carbocycles. The van der Waals surface area contributed by atoms with Crippen LogP contribution in [0.2, 0.25) is 0 Å². The van der Waals surface area contributed by atoms with Crippen molar-refractivity contribution in [2.45, 2.75) is 31.8 Å². The van der Waals surface area contributed by atoms with Crippen LogP contribution >= 0.6 is 27.3 Å². The lowest BCUT2D eigenvalue weighted by molar-refractivity contribution is 0.0380. The highest BCUT2D eigenvalue weighted by molar-refractivity contribution is 9.10. The molecule has 1 aromatic rings. The fourth-order valence-corrected chi connectivity index (χ4v) is 3.26. The van der Waals surface area contributed by atoms with Crippen LogP contribution in [0.1, 0.15) is 24.6 Å². The molecule has 13 heavy (non-hydrogen) atoms. The third kappa shape index (κ3) is 2.33. The summed E-state index contributed by atoms with van der Waals surface area (Å²) in [5, 5.41) is 12.2. The monoisotopic (exact) mass is 260 g/mol. The third-order valence-electron chi connectivity index (χ3n) is 2.61. The van der Waals surface area contributed by atoms with Crippen molar-refractivity contribution in [2.75, 3.05) is 0 Å². The van der Waals surface area contributed by atoms with Crippen molar-refractivity contribution in [3.63, 3.8) is 0 Å². The zero-order valence-corrected chi connectivity index (χ0v) is 9.99. The van der Waals surface area contributed by atoms with Gasteiger partial charge in [0.2, 0.25) is 0 Å². The van der Waals surface area contributed by atoms with Crippen LogP contribution in [0.15, 0.2) is 15.9 Å². The molecule has 1 N–H and O–H groups in total. The van der Waals surface area contributed by atoms with Crippen LogP contribution in [0.5, 0.6) is 0 Å². The SMILES string of the molecule is CC(O)(Cc1cc(Br)cs1)C1CC1. The second-order valence-electron chi connectivity index (χ2n) is 4.04. The minimum absolute atomic E-state index is 0.482. The Labute approximate surface area is 90.9 Å². The third-order valence-corrected chi connectivity index (χ3v) is 4.31. The molecule has 0 amide bonds. The summed E-state index contributed by atoms with van der Waals surface area (Å²) in [5.74, 6) is 0.536. The Bertz CT molecular complexity index is 302. The van der Waals surface area contributed by atoms with E-state index >= 15 is 0 Å². The second kappa shape index (κ2) is 3.37. The van der Waals surface area contributed by atoms with Gasteiger partial charge in [-0.15, -0.1) is 11.3 Å². The molecule has 0 aromatic carbocycles. The van der Waals surface area contributed by atoms with Crippen LogP contribution in [0.4, 0.5) is 0 Å². The van der Waals surface area contributed by atoms with Gasteiger partial charge in [-0.1, -0.05) is 0 Å². The van der Waals surface area contributed by atoms with Gasteiger partial charge < -0.3 is 5.11 Å². The minimum atomic E-state index is -0.482. The van der Waals surface area contributed by atoms with Crippen molar-refractivity contribution >= 4 is 27.3 Å². The van der Waals surface area contributed by atoms with E-state index in [1.54, 1.807) is 11.3 Å². The van der Waals surface area contributed by atoms with Gasteiger partial charge in [-0.25, -0.2) is 0 Å². The number of thiophene rings is 1. The zero-order chi connectivity index (χ0) is 9.47. The highest BCUT2D eigenvalue weighted by Crippen LogP contribution is 2.41. The van der Waals surface area contributed by atoms with Crippen LogP contribution < -0.4 is 0 Å². The Balaban J connectivity index is 2.04. The summed E-state index contributed by atoms with van der Waals surface area (Å²) in [7, 11) is 0. The van der Waals surface area contributed by atoms with E-state index < -0.39 is 5.60 Å². The average molecular weight is 261 g/mol. The molecule has 1 aliphatic carbocycles. The summed E-state index contributed by atoms with van der Waals surface area (Å²) in [6.45, 7) is 1.96. The number of halogens is 1. The summed E-state index contributed by atoms with van der Waals surface area (Å²) >= 11 is 5.14. The van der Waals surface area contributed by atoms with Gasteiger partial charge in [0.15, 0.2) is 0 Å². The van der Waals surface area contributed by atoms with Gasteiger partial charge in [0.05, 0.1) is 5.60 Å². The molecule has 1 unspecified atom stereocenters. The zero-order valence-electron chi connectivity index (χ0n) is 7.59. The molecule has 3 heteroatoms. The van der Waals surface area contributed by atoms with Gasteiger partial charge in [0.1, 0.15) is 0 Å². The second-order valence-corrected chi connectivity index (χ2v) is 5.95. The molecule has 1 aromatic heterocycles. The maximum absolute atomic E-state index is 10.1. The molecule has 1 fully saturated rings. The molecule has 0 saturated heterocycles. The quantitative estimate of drug-likeness (QED) is 0.885. The van der Waals surface area contributed by atoms with E-state index in [-0.39, 0.29) is 0 Å². The summed E-state index contributed by atoms with van der Waals surface area (Å²) in [6.07, 6.45) is 3.19. The maximum atomic E-state index is 10.1. The Morgan fingerprint density at radius 1 is 1.69 bits per heavy atom. The van der Waals surface area contributed by atoms with Crippen molar-refractivity contribution in [3.8, 4) is 0 Å². The van der Waals surface area contributed by atoms with E-state index in [1.807, 2.05) is 6.92 Å². The van der Waals surface area contributed by atoms with Crippen molar-refractivity contribution in [1.82, 2.24) is 0 Å².